The Balaban J connectivity index is 2.73. The summed E-state index contributed by atoms with van der Waals surface area (Å²) in [5.74, 6) is 0.858. The maximum atomic E-state index is 13.1. The number of nitrogens with two attached hydrogens (primary N) is 1. The Morgan fingerprint density at radius 2 is 2.25 bits per heavy atom. The van der Waals surface area contributed by atoms with E-state index in [4.69, 9.17) is 5.73 Å². The molecule has 1 rings (SSSR count). The van der Waals surface area contributed by atoms with E-state index >= 15 is 0 Å². The van der Waals surface area contributed by atoms with Crippen molar-refractivity contribution in [2.75, 3.05) is 32.1 Å². The molecule has 0 aromatic heterocycles. The van der Waals surface area contributed by atoms with Gasteiger partial charge in [0.05, 0.1) is 0 Å². The van der Waals surface area contributed by atoms with E-state index in [9.17, 15) is 4.39 Å². The van der Waals surface area contributed by atoms with Gasteiger partial charge in [-0.15, -0.1) is 0 Å². The van der Waals surface area contributed by atoms with Crippen molar-refractivity contribution in [1.29, 1.82) is 0 Å². The average Bonchev–Trinajstić information content (AvgIpc) is 2.27. The standard InChI is InChI=1S/C12H19FN2S/c1-15(6-7-16-2)12(9-14)10-4-3-5-11(13)8-10/h3-5,8,12H,6-7,9,14H2,1-2H3. The summed E-state index contributed by atoms with van der Waals surface area (Å²) >= 11 is 1.80. The van der Waals surface area contributed by atoms with Crippen LogP contribution >= 0.6 is 11.8 Å². The van der Waals surface area contributed by atoms with Gasteiger partial charge in [0.2, 0.25) is 0 Å². The highest BCUT2D eigenvalue weighted by Crippen LogP contribution is 2.19. The predicted octanol–water partition coefficient (Wildman–Crippen LogP) is 2.12. The Bertz CT molecular complexity index is 320. The quantitative estimate of drug-likeness (QED) is 0.828. The molecule has 0 saturated heterocycles. The van der Waals surface area contributed by atoms with Crippen LogP contribution in [0.1, 0.15) is 11.6 Å². The van der Waals surface area contributed by atoms with Crippen molar-refractivity contribution in [3.63, 3.8) is 0 Å². The molecule has 16 heavy (non-hydrogen) atoms. The van der Waals surface area contributed by atoms with Gasteiger partial charge >= 0.3 is 0 Å². The third-order valence-electron chi connectivity index (χ3n) is 2.64. The molecule has 4 heteroatoms. The average molecular weight is 242 g/mol. The first-order chi connectivity index (χ1) is 7.69. The minimum absolute atomic E-state index is 0.0999. The van der Waals surface area contributed by atoms with Gasteiger partial charge in [0.1, 0.15) is 5.82 Å². The summed E-state index contributed by atoms with van der Waals surface area (Å²) in [6.45, 7) is 1.47. The van der Waals surface area contributed by atoms with Crippen LogP contribution in [0, 0.1) is 5.82 Å². The predicted molar refractivity (Wildman–Crippen MR) is 69.2 cm³/mol. The summed E-state index contributed by atoms with van der Waals surface area (Å²) in [6, 6.07) is 6.78. The smallest absolute Gasteiger partial charge is 0.123 e. The second-order valence-corrected chi connectivity index (χ2v) is 4.77. The molecule has 0 radical (unpaired) electrons. The summed E-state index contributed by atoms with van der Waals surface area (Å²) in [4.78, 5) is 2.17. The fraction of sp³-hybridized carbons (Fsp3) is 0.500. The Morgan fingerprint density at radius 1 is 1.50 bits per heavy atom. The van der Waals surface area contributed by atoms with Crippen LogP contribution in [0.4, 0.5) is 4.39 Å². The number of thioether (sulfide) groups is 1. The summed E-state index contributed by atoms with van der Waals surface area (Å²) in [5.41, 5.74) is 6.71. The van der Waals surface area contributed by atoms with Crippen LogP contribution in [-0.2, 0) is 0 Å². The largest absolute Gasteiger partial charge is 0.329 e. The number of hydrogen-bond donors (Lipinski definition) is 1. The van der Waals surface area contributed by atoms with E-state index in [-0.39, 0.29) is 11.9 Å². The van der Waals surface area contributed by atoms with E-state index in [1.54, 1.807) is 23.9 Å². The van der Waals surface area contributed by atoms with Crippen molar-refractivity contribution in [2.24, 2.45) is 5.73 Å². The van der Waals surface area contributed by atoms with E-state index in [0.717, 1.165) is 17.9 Å². The fourth-order valence-electron chi connectivity index (χ4n) is 1.68. The summed E-state index contributed by atoms with van der Waals surface area (Å²) in [7, 11) is 2.03. The Hall–Kier alpha value is -0.580. The molecular weight excluding hydrogens is 223 g/mol. The highest BCUT2D eigenvalue weighted by atomic mass is 32.2. The van der Waals surface area contributed by atoms with Gasteiger partial charge in [-0.3, -0.25) is 4.90 Å². The van der Waals surface area contributed by atoms with Crippen molar-refractivity contribution in [3.05, 3.63) is 35.6 Å². The molecule has 0 fully saturated rings. The van der Waals surface area contributed by atoms with Gasteiger partial charge in [0.25, 0.3) is 0 Å². The van der Waals surface area contributed by atoms with Crippen LogP contribution in [0.3, 0.4) is 0 Å². The lowest BCUT2D eigenvalue weighted by Crippen LogP contribution is -2.32. The van der Waals surface area contributed by atoms with Crippen LogP contribution in [0.15, 0.2) is 24.3 Å². The zero-order chi connectivity index (χ0) is 12.0. The second-order valence-electron chi connectivity index (χ2n) is 3.78. The highest BCUT2D eigenvalue weighted by molar-refractivity contribution is 7.98. The van der Waals surface area contributed by atoms with Crippen molar-refractivity contribution in [3.8, 4) is 0 Å². The Kier molecular flexibility index (Phi) is 5.80. The lowest BCUT2D eigenvalue weighted by atomic mass is 10.1. The van der Waals surface area contributed by atoms with Crippen LogP contribution in [0.2, 0.25) is 0 Å². The number of likely N-dealkylation sites (N-methyl/N-ethyl adjacent to an activating group) is 1. The van der Waals surface area contributed by atoms with E-state index in [0.29, 0.717) is 6.54 Å². The van der Waals surface area contributed by atoms with Gasteiger partial charge in [-0.05, 0) is 31.0 Å². The van der Waals surface area contributed by atoms with Gasteiger partial charge in [-0.1, -0.05) is 12.1 Å². The minimum atomic E-state index is -0.200. The molecule has 0 heterocycles. The summed E-state index contributed by atoms with van der Waals surface area (Å²) < 4.78 is 13.1. The Labute approximate surface area is 101 Å². The van der Waals surface area contributed by atoms with Crippen molar-refractivity contribution in [2.45, 2.75) is 6.04 Å². The first-order valence-corrected chi connectivity index (χ1v) is 6.73. The zero-order valence-corrected chi connectivity index (χ0v) is 10.6. The molecule has 1 unspecified atom stereocenters. The first kappa shape index (κ1) is 13.5. The number of benzene rings is 1. The summed E-state index contributed by atoms with van der Waals surface area (Å²) in [6.07, 6.45) is 2.08. The van der Waals surface area contributed by atoms with E-state index in [1.807, 2.05) is 13.1 Å². The van der Waals surface area contributed by atoms with Gasteiger partial charge in [-0.25, -0.2) is 4.39 Å². The molecule has 0 spiro atoms. The van der Waals surface area contributed by atoms with E-state index in [2.05, 4.69) is 11.2 Å². The Morgan fingerprint density at radius 3 is 2.81 bits per heavy atom. The van der Waals surface area contributed by atoms with Crippen LogP contribution in [-0.4, -0.2) is 37.0 Å². The number of nitrogens with zero attached hydrogens (tertiary/aromatic N) is 1. The minimum Gasteiger partial charge on any atom is -0.329 e. The number of rotatable bonds is 6. The maximum absolute atomic E-state index is 13.1. The highest BCUT2D eigenvalue weighted by Gasteiger charge is 2.15. The van der Waals surface area contributed by atoms with Crippen LogP contribution in [0.25, 0.3) is 0 Å². The second kappa shape index (κ2) is 6.89. The molecule has 0 aliphatic carbocycles. The molecular formula is C12H19FN2S. The van der Waals surface area contributed by atoms with Crippen LogP contribution < -0.4 is 5.73 Å². The molecule has 1 aromatic rings. The van der Waals surface area contributed by atoms with Gasteiger partial charge < -0.3 is 5.73 Å². The van der Waals surface area contributed by atoms with Crippen molar-refractivity contribution >= 4 is 11.8 Å². The molecule has 1 atom stereocenters. The number of hydrogen-bond acceptors (Lipinski definition) is 3. The monoisotopic (exact) mass is 242 g/mol. The van der Waals surface area contributed by atoms with E-state index < -0.39 is 0 Å². The lowest BCUT2D eigenvalue weighted by Gasteiger charge is -2.27. The molecule has 0 aliphatic heterocycles. The van der Waals surface area contributed by atoms with E-state index in [1.165, 1.54) is 6.07 Å². The normalized spacial score (nSPS) is 13.1. The van der Waals surface area contributed by atoms with Crippen LogP contribution in [0.5, 0.6) is 0 Å². The molecule has 0 saturated carbocycles. The third kappa shape index (κ3) is 3.77. The molecule has 2 nitrogen and oxygen atoms in total. The first-order valence-electron chi connectivity index (χ1n) is 5.33. The molecule has 0 bridgehead atoms. The molecule has 1 aromatic carbocycles. The lowest BCUT2D eigenvalue weighted by molar-refractivity contribution is 0.265. The fourth-order valence-corrected chi connectivity index (χ4v) is 2.15. The topological polar surface area (TPSA) is 29.3 Å². The third-order valence-corrected chi connectivity index (χ3v) is 3.23. The van der Waals surface area contributed by atoms with Gasteiger partial charge in [-0.2, -0.15) is 11.8 Å². The molecule has 0 amide bonds. The van der Waals surface area contributed by atoms with Crippen molar-refractivity contribution in [1.82, 2.24) is 4.90 Å². The molecule has 90 valence electrons. The van der Waals surface area contributed by atoms with Crippen molar-refractivity contribution < 1.29 is 4.39 Å². The van der Waals surface area contributed by atoms with Gasteiger partial charge in [0.15, 0.2) is 0 Å². The number of halogens is 1. The SMILES string of the molecule is CSCCN(C)C(CN)c1cccc(F)c1. The maximum Gasteiger partial charge on any atom is 0.123 e. The summed E-state index contributed by atoms with van der Waals surface area (Å²) in [5, 5.41) is 0. The zero-order valence-electron chi connectivity index (χ0n) is 9.82. The molecule has 2 N–H and O–H groups in total. The molecule has 0 aliphatic rings. The van der Waals surface area contributed by atoms with Gasteiger partial charge in [0, 0.05) is 24.9 Å².